The lowest BCUT2D eigenvalue weighted by molar-refractivity contribution is -0.255. The molecule has 122 valence electrons. The summed E-state index contributed by atoms with van der Waals surface area (Å²) >= 11 is 0. The summed E-state index contributed by atoms with van der Waals surface area (Å²) in [5.41, 5.74) is 3.68. The average molecular weight is 320 g/mol. The van der Waals surface area contributed by atoms with Crippen molar-refractivity contribution in [3.8, 4) is 5.75 Å². The number of carboxylic acid groups (broad SMARTS) is 1. The van der Waals surface area contributed by atoms with Crippen LogP contribution in [0, 0.1) is 5.92 Å². The van der Waals surface area contributed by atoms with E-state index in [-0.39, 0.29) is 11.6 Å². The van der Waals surface area contributed by atoms with E-state index in [9.17, 15) is 9.90 Å². The number of carbonyl (C=O) groups excluding carboxylic acids is 1. The zero-order valence-electron chi connectivity index (χ0n) is 13.4. The van der Waals surface area contributed by atoms with E-state index >= 15 is 0 Å². The molecule has 24 heavy (non-hydrogen) atoms. The molecule has 0 radical (unpaired) electrons. The number of hydrogen-bond acceptors (Lipinski definition) is 4. The van der Waals surface area contributed by atoms with Gasteiger partial charge in [0.2, 0.25) is 0 Å². The molecule has 2 aromatic carbocycles. The van der Waals surface area contributed by atoms with Crippen molar-refractivity contribution in [3.63, 3.8) is 0 Å². The van der Waals surface area contributed by atoms with Crippen molar-refractivity contribution >= 4 is 11.7 Å². The molecular formula is C20H18NO3-. The van der Waals surface area contributed by atoms with E-state index in [1.807, 2.05) is 18.2 Å². The van der Waals surface area contributed by atoms with Crippen LogP contribution in [0.25, 0.3) is 0 Å². The van der Waals surface area contributed by atoms with Gasteiger partial charge in [-0.25, -0.2) is 0 Å². The number of ether oxygens (including phenoxy) is 1. The number of rotatable bonds is 3. The molecule has 0 saturated carbocycles. The third-order valence-corrected chi connectivity index (χ3v) is 5.08. The van der Waals surface area contributed by atoms with Crippen molar-refractivity contribution in [2.75, 3.05) is 12.4 Å². The van der Waals surface area contributed by atoms with Crippen LogP contribution in [0.15, 0.2) is 54.6 Å². The van der Waals surface area contributed by atoms with Crippen molar-refractivity contribution < 1.29 is 14.6 Å². The summed E-state index contributed by atoms with van der Waals surface area (Å²) < 4.78 is 5.36. The van der Waals surface area contributed by atoms with Gasteiger partial charge in [-0.2, -0.15) is 0 Å². The SMILES string of the molecule is COc1ccc2c(c1)C1C=CCC1C(c1ccc(C(=O)[O-])cc1)N2. The second-order valence-electron chi connectivity index (χ2n) is 6.34. The van der Waals surface area contributed by atoms with Crippen LogP contribution in [0.2, 0.25) is 0 Å². The minimum absolute atomic E-state index is 0.154. The van der Waals surface area contributed by atoms with E-state index in [1.165, 1.54) is 5.56 Å². The van der Waals surface area contributed by atoms with E-state index in [4.69, 9.17) is 4.74 Å². The van der Waals surface area contributed by atoms with E-state index in [1.54, 1.807) is 19.2 Å². The van der Waals surface area contributed by atoms with Crippen molar-refractivity contribution in [1.29, 1.82) is 0 Å². The highest BCUT2D eigenvalue weighted by molar-refractivity contribution is 5.85. The van der Waals surface area contributed by atoms with Crippen LogP contribution in [-0.2, 0) is 0 Å². The molecule has 1 N–H and O–H groups in total. The first-order valence-corrected chi connectivity index (χ1v) is 8.10. The summed E-state index contributed by atoms with van der Waals surface area (Å²) in [5, 5.41) is 14.6. The monoisotopic (exact) mass is 320 g/mol. The molecule has 1 aliphatic heterocycles. The first-order valence-electron chi connectivity index (χ1n) is 8.10. The maximum atomic E-state index is 10.9. The number of carboxylic acids is 1. The Balaban J connectivity index is 1.71. The van der Waals surface area contributed by atoms with Crippen LogP contribution in [0.4, 0.5) is 5.69 Å². The van der Waals surface area contributed by atoms with Gasteiger partial charge in [0.25, 0.3) is 0 Å². The molecule has 2 aliphatic rings. The molecule has 2 aromatic rings. The summed E-state index contributed by atoms with van der Waals surface area (Å²) in [7, 11) is 1.68. The van der Waals surface area contributed by atoms with Crippen LogP contribution in [0.5, 0.6) is 5.75 Å². The summed E-state index contributed by atoms with van der Waals surface area (Å²) in [6, 6.07) is 13.3. The van der Waals surface area contributed by atoms with E-state index in [0.29, 0.717) is 11.8 Å². The number of fused-ring (bicyclic) bond motifs is 3. The number of anilines is 1. The quantitative estimate of drug-likeness (QED) is 0.883. The molecule has 0 spiro atoms. The van der Waals surface area contributed by atoms with Crippen molar-refractivity contribution in [3.05, 3.63) is 71.3 Å². The summed E-state index contributed by atoms with van der Waals surface area (Å²) in [5.74, 6) is 0.489. The van der Waals surface area contributed by atoms with Gasteiger partial charge in [-0.15, -0.1) is 0 Å². The maximum absolute atomic E-state index is 10.9. The highest BCUT2D eigenvalue weighted by atomic mass is 16.5. The summed E-state index contributed by atoms with van der Waals surface area (Å²) in [4.78, 5) is 10.9. The Kier molecular flexibility index (Phi) is 3.53. The lowest BCUT2D eigenvalue weighted by atomic mass is 9.77. The zero-order valence-corrected chi connectivity index (χ0v) is 13.4. The minimum Gasteiger partial charge on any atom is -0.545 e. The third-order valence-electron chi connectivity index (χ3n) is 5.08. The normalized spacial score (nSPS) is 24.0. The van der Waals surface area contributed by atoms with Crippen LogP contribution in [0.3, 0.4) is 0 Å². The Morgan fingerprint density at radius 1 is 1.21 bits per heavy atom. The molecule has 1 aliphatic carbocycles. The predicted molar refractivity (Wildman–Crippen MR) is 90.1 cm³/mol. The molecule has 3 unspecified atom stereocenters. The van der Waals surface area contributed by atoms with Crippen molar-refractivity contribution in [2.24, 2.45) is 5.92 Å². The molecule has 0 aromatic heterocycles. The van der Waals surface area contributed by atoms with Gasteiger partial charge < -0.3 is 20.0 Å². The van der Waals surface area contributed by atoms with Gasteiger partial charge in [-0.1, -0.05) is 36.4 Å². The Labute approximate surface area is 140 Å². The Morgan fingerprint density at radius 2 is 2.00 bits per heavy atom. The second-order valence-corrected chi connectivity index (χ2v) is 6.34. The fraction of sp³-hybridized carbons (Fsp3) is 0.250. The second kappa shape index (κ2) is 5.71. The topological polar surface area (TPSA) is 61.4 Å². The summed E-state index contributed by atoms with van der Waals surface area (Å²) in [6.45, 7) is 0. The Morgan fingerprint density at radius 3 is 2.71 bits per heavy atom. The lowest BCUT2D eigenvalue weighted by Gasteiger charge is -2.37. The number of aromatic carboxylic acids is 1. The number of hydrogen-bond donors (Lipinski definition) is 1. The standard InChI is InChI=1S/C20H19NO3/c1-24-14-9-10-18-17(11-14)15-3-2-4-16(15)19(21-18)12-5-7-13(8-6-12)20(22)23/h2-3,5-11,15-16,19,21H,4H2,1H3,(H,22,23)/p-1. The molecule has 0 amide bonds. The van der Waals surface area contributed by atoms with Gasteiger partial charge in [-0.3, -0.25) is 0 Å². The van der Waals surface area contributed by atoms with Gasteiger partial charge >= 0.3 is 0 Å². The minimum atomic E-state index is -1.14. The Bertz CT molecular complexity index is 810. The molecular weight excluding hydrogens is 302 g/mol. The first kappa shape index (κ1) is 14.8. The number of carbonyl (C=O) groups is 1. The Hall–Kier alpha value is -2.75. The van der Waals surface area contributed by atoms with Crippen molar-refractivity contribution in [1.82, 2.24) is 0 Å². The zero-order chi connectivity index (χ0) is 16.7. The van der Waals surface area contributed by atoms with Crippen LogP contribution < -0.4 is 15.2 Å². The number of methoxy groups -OCH3 is 1. The predicted octanol–water partition coefficient (Wildman–Crippen LogP) is 2.89. The largest absolute Gasteiger partial charge is 0.545 e. The fourth-order valence-electron chi connectivity index (χ4n) is 3.86. The molecule has 0 bridgehead atoms. The molecule has 0 saturated heterocycles. The summed E-state index contributed by atoms with van der Waals surface area (Å²) in [6.07, 6.45) is 5.50. The molecule has 4 nitrogen and oxygen atoms in total. The lowest BCUT2D eigenvalue weighted by Crippen LogP contribution is -2.29. The van der Waals surface area contributed by atoms with Gasteiger partial charge in [0, 0.05) is 11.6 Å². The first-order chi connectivity index (χ1) is 11.7. The van der Waals surface area contributed by atoms with Gasteiger partial charge in [-0.05, 0) is 47.2 Å². The van der Waals surface area contributed by atoms with E-state index in [2.05, 4.69) is 29.6 Å². The van der Waals surface area contributed by atoms with E-state index in [0.717, 1.165) is 23.4 Å². The third kappa shape index (κ3) is 2.35. The average Bonchev–Trinajstić information content (AvgIpc) is 3.10. The van der Waals surface area contributed by atoms with Gasteiger partial charge in [0.15, 0.2) is 0 Å². The van der Waals surface area contributed by atoms with Crippen LogP contribution in [-0.4, -0.2) is 13.1 Å². The number of allylic oxidation sites excluding steroid dienone is 2. The highest BCUT2D eigenvalue weighted by Gasteiger charge is 2.37. The van der Waals surface area contributed by atoms with E-state index < -0.39 is 5.97 Å². The molecule has 4 heteroatoms. The van der Waals surface area contributed by atoms with Gasteiger partial charge in [0.05, 0.1) is 19.1 Å². The van der Waals surface area contributed by atoms with Crippen LogP contribution >= 0.6 is 0 Å². The van der Waals surface area contributed by atoms with Crippen LogP contribution in [0.1, 0.15) is 39.9 Å². The smallest absolute Gasteiger partial charge is 0.119 e. The number of nitrogens with one attached hydrogen (secondary N) is 1. The molecule has 0 fully saturated rings. The molecule has 1 heterocycles. The fourth-order valence-corrected chi connectivity index (χ4v) is 3.86. The molecule has 3 atom stereocenters. The number of benzene rings is 2. The highest BCUT2D eigenvalue weighted by Crippen LogP contribution is 2.50. The maximum Gasteiger partial charge on any atom is 0.119 e. The molecule has 4 rings (SSSR count). The van der Waals surface area contributed by atoms with Gasteiger partial charge in [0.1, 0.15) is 5.75 Å². The van der Waals surface area contributed by atoms with Crippen molar-refractivity contribution in [2.45, 2.75) is 18.4 Å².